The number of amides is 1. The van der Waals surface area contributed by atoms with Crippen LogP contribution in [0.15, 0.2) is 22.8 Å². The van der Waals surface area contributed by atoms with Crippen LogP contribution in [-0.2, 0) is 0 Å². The van der Waals surface area contributed by atoms with E-state index in [0.29, 0.717) is 12.2 Å². The summed E-state index contributed by atoms with van der Waals surface area (Å²) in [6, 6.07) is 3.59. The Hall–Kier alpha value is -0.900. The van der Waals surface area contributed by atoms with Crippen LogP contribution in [0.2, 0.25) is 0 Å². The summed E-state index contributed by atoms with van der Waals surface area (Å²) in [4.78, 5) is 15.5. The SMILES string of the molecule is CCCCNC(=O)c1ncccc1Br. The molecule has 1 heterocycles. The van der Waals surface area contributed by atoms with Gasteiger partial charge in [-0.05, 0) is 34.5 Å². The molecule has 4 heteroatoms. The summed E-state index contributed by atoms with van der Waals surface area (Å²) in [5, 5.41) is 2.81. The Balaban J connectivity index is 2.56. The summed E-state index contributed by atoms with van der Waals surface area (Å²) in [6.07, 6.45) is 3.68. The molecular weight excluding hydrogens is 244 g/mol. The predicted octanol–water partition coefficient (Wildman–Crippen LogP) is 2.37. The molecule has 3 nitrogen and oxygen atoms in total. The van der Waals surface area contributed by atoms with Crippen LogP contribution in [0.4, 0.5) is 0 Å². The highest BCUT2D eigenvalue weighted by Crippen LogP contribution is 2.12. The number of hydrogen-bond donors (Lipinski definition) is 1. The van der Waals surface area contributed by atoms with Gasteiger partial charge in [0.25, 0.3) is 5.91 Å². The highest BCUT2D eigenvalue weighted by Gasteiger charge is 2.09. The molecule has 1 rings (SSSR count). The van der Waals surface area contributed by atoms with Gasteiger partial charge in [-0.1, -0.05) is 13.3 Å². The molecule has 0 aromatic carbocycles. The minimum Gasteiger partial charge on any atom is -0.351 e. The maximum absolute atomic E-state index is 11.5. The number of nitrogens with one attached hydrogen (secondary N) is 1. The third-order valence-corrected chi connectivity index (χ3v) is 2.43. The van der Waals surface area contributed by atoms with E-state index in [1.165, 1.54) is 0 Å². The molecule has 0 saturated carbocycles. The molecule has 14 heavy (non-hydrogen) atoms. The molecule has 1 N–H and O–H groups in total. The molecule has 76 valence electrons. The maximum atomic E-state index is 11.5. The second-order valence-electron chi connectivity index (χ2n) is 2.94. The van der Waals surface area contributed by atoms with Crippen molar-refractivity contribution in [3.63, 3.8) is 0 Å². The van der Waals surface area contributed by atoms with Crippen molar-refractivity contribution in [2.75, 3.05) is 6.54 Å². The van der Waals surface area contributed by atoms with Gasteiger partial charge in [0.05, 0.1) is 0 Å². The first-order valence-corrected chi connectivity index (χ1v) is 5.43. The first-order valence-electron chi connectivity index (χ1n) is 4.64. The number of carbonyl (C=O) groups is 1. The van der Waals surface area contributed by atoms with Crippen LogP contribution in [0.25, 0.3) is 0 Å². The van der Waals surface area contributed by atoms with E-state index < -0.39 is 0 Å². The van der Waals surface area contributed by atoms with E-state index >= 15 is 0 Å². The molecule has 1 amide bonds. The van der Waals surface area contributed by atoms with Crippen LogP contribution in [0.5, 0.6) is 0 Å². The summed E-state index contributed by atoms with van der Waals surface area (Å²) in [6.45, 7) is 2.79. The van der Waals surface area contributed by atoms with Crippen molar-refractivity contribution in [2.24, 2.45) is 0 Å². The topological polar surface area (TPSA) is 42.0 Å². The zero-order valence-electron chi connectivity index (χ0n) is 8.09. The summed E-state index contributed by atoms with van der Waals surface area (Å²) in [5.74, 6) is -0.120. The van der Waals surface area contributed by atoms with Gasteiger partial charge in [-0.15, -0.1) is 0 Å². The fourth-order valence-electron chi connectivity index (χ4n) is 1.02. The summed E-state index contributed by atoms with van der Waals surface area (Å²) in [5.41, 5.74) is 0.448. The van der Waals surface area contributed by atoms with E-state index in [2.05, 4.69) is 33.2 Å². The Morgan fingerprint density at radius 1 is 1.64 bits per heavy atom. The van der Waals surface area contributed by atoms with Crippen LogP contribution in [0, 0.1) is 0 Å². The Morgan fingerprint density at radius 2 is 2.43 bits per heavy atom. The Labute approximate surface area is 92.1 Å². The number of hydrogen-bond acceptors (Lipinski definition) is 2. The number of carbonyl (C=O) groups excluding carboxylic acids is 1. The van der Waals surface area contributed by atoms with Gasteiger partial charge in [0.15, 0.2) is 0 Å². The minimum atomic E-state index is -0.120. The highest BCUT2D eigenvalue weighted by molar-refractivity contribution is 9.10. The monoisotopic (exact) mass is 256 g/mol. The standard InChI is InChI=1S/C10H13BrN2O/c1-2-3-6-13-10(14)9-8(11)5-4-7-12-9/h4-5,7H,2-3,6H2,1H3,(H,13,14). The van der Waals surface area contributed by atoms with Crippen LogP contribution < -0.4 is 5.32 Å². The fraction of sp³-hybridized carbons (Fsp3) is 0.400. The fourth-order valence-corrected chi connectivity index (χ4v) is 1.45. The average molecular weight is 257 g/mol. The van der Waals surface area contributed by atoms with Crippen LogP contribution in [0.1, 0.15) is 30.3 Å². The summed E-state index contributed by atoms with van der Waals surface area (Å²) >= 11 is 3.28. The van der Waals surface area contributed by atoms with Gasteiger partial charge in [0, 0.05) is 17.2 Å². The molecule has 0 aliphatic rings. The van der Waals surface area contributed by atoms with Gasteiger partial charge in [-0.25, -0.2) is 4.98 Å². The second kappa shape index (κ2) is 5.75. The molecule has 0 aliphatic heterocycles. The first kappa shape index (κ1) is 11.2. The van der Waals surface area contributed by atoms with Crippen molar-refractivity contribution in [3.8, 4) is 0 Å². The zero-order valence-corrected chi connectivity index (χ0v) is 9.67. The Kier molecular flexibility index (Phi) is 4.59. The molecule has 0 spiro atoms. The van der Waals surface area contributed by atoms with E-state index in [9.17, 15) is 4.79 Å². The molecule has 0 fully saturated rings. The normalized spacial score (nSPS) is 9.86. The Bertz CT molecular complexity index is 315. The third-order valence-electron chi connectivity index (χ3n) is 1.79. The van der Waals surface area contributed by atoms with E-state index in [1.54, 1.807) is 12.3 Å². The zero-order chi connectivity index (χ0) is 10.4. The maximum Gasteiger partial charge on any atom is 0.271 e. The van der Waals surface area contributed by atoms with Gasteiger partial charge in [0.2, 0.25) is 0 Å². The van der Waals surface area contributed by atoms with Crippen molar-refractivity contribution >= 4 is 21.8 Å². The van der Waals surface area contributed by atoms with Gasteiger partial charge >= 0.3 is 0 Å². The lowest BCUT2D eigenvalue weighted by Gasteiger charge is -2.04. The van der Waals surface area contributed by atoms with Gasteiger partial charge in [-0.3, -0.25) is 4.79 Å². The lowest BCUT2D eigenvalue weighted by Crippen LogP contribution is -2.25. The molecule has 0 unspecified atom stereocenters. The smallest absolute Gasteiger partial charge is 0.271 e. The predicted molar refractivity (Wildman–Crippen MR) is 59.2 cm³/mol. The van der Waals surface area contributed by atoms with Crippen LogP contribution in [0.3, 0.4) is 0 Å². The second-order valence-corrected chi connectivity index (χ2v) is 3.80. The number of pyridine rings is 1. The molecular formula is C10H13BrN2O. The highest BCUT2D eigenvalue weighted by atomic mass is 79.9. The molecule has 1 aromatic rings. The van der Waals surface area contributed by atoms with E-state index in [0.717, 1.165) is 17.3 Å². The minimum absolute atomic E-state index is 0.120. The van der Waals surface area contributed by atoms with Crippen LogP contribution in [-0.4, -0.2) is 17.4 Å². The van der Waals surface area contributed by atoms with Gasteiger partial charge in [0.1, 0.15) is 5.69 Å². The number of unbranched alkanes of at least 4 members (excludes halogenated alkanes) is 1. The average Bonchev–Trinajstić information content (AvgIpc) is 2.18. The molecule has 0 atom stereocenters. The van der Waals surface area contributed by atoms with Crippen molar-refractivity contribution < 1.29 is 4.79 Å². The number of halogens is 1. The van der Waals surface area contributed by atoms with Crippen molar-refractivity contribution in [1.29, 1.82) is 0 Å². The summed E-state index contributed by atoms with van der Waals surface area (Å²) in [7, 11) is 0. The van der Waals surface area contributed by atoms with Crippen molar-refractivity contribution in [1.82, 2.24) is 10.3 Å². The van der Waals surface area contributed by atoms with E-state index in [-0.39, 0.29) is 5.91 Å². The molecule has 0 bridgehead atoms. The number of rotatable bonds is 4. The largest absolute Gasteiger partial charge is 0.351 e. The van der Waals surface area contributed by atoms with E-state index in [4.69, 9.17) is 0 Å². The number of nitrogens with zero attached hydrogens (tertiary/aromatic N) is 1. The molecule has 1 aromatic heterocycles. The summed E-state index contributed by atoms with van der Waals surface area (Å²) < 4.78 is 0.731. The van der Waals surface area contributed by atoms with Crippen LogP contribution >= 0.6 is 15.9 Å². The van der Waals surface area contributed by atoms with Gasteiger partial charge < -0.3 is 5.32 Å². The first-order chi connectivity index (χ1) is 6.75. The Morgan fingerprint density at radius 3 is 3.07 bits per heavy atom. The van der Waals surface area contributed by atoms with Gasteiger partial charge in [-0.2, -0.15) is 0 Å². The lowest BCUT2D eigenvalue weighted by molar-refractivity contribution is 0.0947. The quantitative estimate of drug-likeness (QED) is 0.841. The number of aromatic nitrogens is 1. The van der Waals surface area contributed by atoms with E-state index in [1.807, 2.05) is 6.07 Å². The molecule has 0 saturated heterocycles. The third kappa shape index (κ3) is 3.10. The van der Waals surface area contributed by atoms with Crippen molar-refractivity contribution in [2.45, 2.75) is 19.8 Å². The molecule has 0 aliphatic carbocycles. The molecule has 0 radical (unpaired) electrons. The lowest BCUT2D eigenvalue weighted by atomic mass is 10.3. The van der Waals surface area contributed by atoms with Crippen molar-refractivity contribution in [3.05, 3.63) is 28.5 Å².